The van der Waals surface area contributed by atoms with Crippen LogP contribution in [0.3, 0.4) is 0 Å². The predicted octanol–water partition coefficient (Wildman–Crippen LogP) is 0.562. The number of carbonyl (C=O) groups excluding carboxylic acids is 2. The van der Waals surface area contributed by atoms with Crippen molar-refractivity contribution in [1.29, 1.82) is 0 Å². The van der Waals surface area contributed by atoms with E-state index in [1.54, 1.807) is 30.3 Å². The number of carbonyl (C=O) groups is 2. The van der Waals surface area contributed by atoms with Crippen LogP contribution in [0.4, 0.5) is 0 Å². The van der Waals surface area contributed by atoms with Crippen molar-refractivity contribution in [1.82, 2.24) is 0 Å². The number of rotatable bonds is 5. The van der Waals surface area contributed by atoms with Gasteiger partial charge >= 0.3 is 5.97 Å². The topological polar surface area (TPSA) is 76.1 Å². The summed E-state index contributed by atoms with van der Waals surface area (Å²) in [7, 11) is 0. The van der Waals surface area contributed by atoms with E-state index in [9.17, 15) is 9.59 Å². The summed E-state index contributed by atoms with van der Waals surface area (Å²) >= 11 is 0. The number of aliphatic hydroxyl groups excluding tert-OH is 1. The number of ether oxygens (including phenoxy) is 2. The van der Waals surface area contributed by atoms with Crippen LogP contribution < -0.4 is 0 Å². The fraction of sp³-hybridized carbons (Fsp3) is 0.385. The average Bonchev–Trinajstić information content (AvgIpc) is 3.10. The second-order valence-electron chi connectivity index (χ2n) is 4.19. The van der Waals surface area contributed by atoms with Crippen LogP contribution in [0.1, 0.15) is 17.3 Å². The van der Waals surface area contributed by atoms with Crippen molar-refractivity contribution < 1.29 is 24.2 Å². The SMILES string of the molecule is C[C@@]1(C(=O)OCCO)O[C@@H]1C(=O)c1ccccc1. The molecular formula is C13H14O5. The summed E-state index contributed by atoms with van der Waals surface area (Å²) in [5.41, 5.74) is -0.719. The van der Waals surface area contributed by atoms with Gasteiger partial charge in [-0.1, -0.05) is 30.3 Å². The van der Waals surface area contributed by atoms with Crippen LogP contribution in [0.5, 0.6) is 0 Å². The second kappa shape index (κ2) is 4.88. The highest BCUT2D eigenvalue weighted by molar-refractivity contribution is 6.06. The maximum Gasteiger partial charge on any atom is 0.341 e. The van der Waals surface area contributed by atoms with Gasteiger partial charge in [0.25, 0.3) is 0 Å². The zero-order valence-corrected chi connectivity index (χ0v) is 9.96. The Labute approximate surface area is 104 Å². The molecule has 0 amide bonds. The first-order valence-electron chi connectivity index (χ1n) is 5.65. The molecule has 5 heteroatoms. The molecule has 1 aliphatic rings. The molecular weight excluding hydrogens is 236 g/mol. The standard InChI is InChI=1S/C13H14O5/c1-13(12(16)17-8-7-14)11(18-13)10(15)9-5-3-2-4-6-9/h2-6,11,14H,7-8H2,1H3/t11-,13-/m1/s1. The fourth-order valence-corrected chi connectivity index (χ4v) is 1.71. The van der Waals surface area contributed by atoms with Crippen LogP contribution >= 0.6 is 0 Å². The van der Waals surface area contributed by atoms with E-state index in [1.807, 2.05) is 0 Å². The molecule has 2 rings (SSSR count). The molecule has 0 saturated carbocycles. The lowest BCUT2D eigenvalue weighted by atomic mass is 10.00. The third-order valence-electron chi connectivity index (χ3n) is 2.83. The Bertz CT molecular complexity index is 456. The summed E-state index contributed by atoms with van der Waals surface area (Å²) in [6.07, 6.45) is -0.800. The quantitative estimate of drug-likeness (QED) is 0.469. The zero-order valence-electron chi connectivity index (χ0n) is 9.96. The summed E-state index contributed by atoms with van der Waals surface area (Å²) in [6, 6.07) is 8.64. The molecule has 1 saturated heterocycles. The molecule has 18 heavy (non-hydrogen) atoms. The van der Waals surface area contributed by atoms with Gasteiger partial charge in [0, 0.05) is 5.56 Å². The normalized spacial score (nSPS) is 25.6. The smallest absolute Gasteiger partial charge is 0.341 e. The summed E-state index contributed by atoms with van der Waals surface area (Å²) < 4.78 is 9.94. The summed E-state index contributed by atoms with van der Waals surface area (Å²) in [4.78, 5) is 23.6. The minimum atomic E-state index is -1.22. The lowest BCUT2D eigenvalue weighted by molar-refractivity contribution is -0.150. The highest BCUT2D eigenvalue weighted by Gasteiger charge is 2.63. The predicted molar refractivity (Wildman–Crippen MR) is 62.1 cm³/mol. The van der Waals surface area contributed by atoms with Gasteiger partial charge in [-0.25, -0.2) is 4.79 Å². The van der Waals surface area contributed by atoms with Gasteiger partial charge < -0.3 is 14.6 Å². The Morgan fingerprint density at radius 1 is 1.39 bits per heavy atom. The third kappa shape index (κ3) is 2.27. The number of Topliss-reactive ketones (excluding diaryl/α,β-unsaturated/α-hetero) is 1. The number of esters is 1. The van der Waals surface area contributed by atoms with Crippen molar-refractivity contribution >= 4 is 11.8 Å². The van der Waals surface area contributed by atoms with Crippen LogP contribution in [0.2, 0.25) is 0 Å². The largest absolute Gasteiger partial charge is 0.461 e. The number of benzene rings is 1. The third-order valence-corrected chi connectivity index (χ3v) is 2.83. The maximum atomic E-state index is 12.0. The van der Waals surface area contributed by atoms with E-state index >= 15 is 0 Å². The highest BCUT2D eigenvalue weighted by atomic mass is 16.7. The number of hydrogen-bond acceptors (Lipinski definition) is 5. The van der Waals surface area contributed by atoms with Crippen molar-refractivity contribution in [2.45, 2.75) is 18.6 Å². The van der Waals surface area contributed by atoms with Crippen LogP contribution in [-0.2, 0) is 14.3 Å². The molecule has 1 heterocycles. The van der Waals surface area contributed by atoms with Crippen molar-refractivity contribution in [3.8, 4) is 0 Å². The minimum absolute atomic E-state index is 0.0932. The maximum absolute atomic E-state index is 12.0. The molecule has 1 N–H and O–H groups in total. The van der Waals surface area contributed by atoms with Crippen LogP contribution in [0.15, 0.2) is 30.3 Å². The van der Waals surface area contributed by atoms with E-state index in [0.717, 1.165) is 0 Å². The number of ketones is 1. The van der Waals surface area contributed by atoms with Gasteiger partial charge in [-0.3, -0.25) is 4.79 Å². The lowest BCUT2D eigenvalue weighted by Gasteiger charge is -2.06. The molecule has 1 fully saturated rings. The molecule has 0 bridgehead atoms. The van der Waals surface area contributed by atoms with Gasteiger partial charge in [-0.2, -0.15) is 0 Å². The Hall–Kier alpha value is -1.72. The first-order chi connectivity index (χ1) is 8.59. The minimum Gasteiger partial charge on any atom is -0.461 e. The fourth-order valence-electron chi connectivity index (χ4n) is 1.71. The van der Waals surface area contributed by atoms with E-state index in [2.05, 4.69) is 0 Å². The molecule has 0 spiro atoms. The van der Waals surface area contributed by atoms with Gasteiger partial charge in [0.1, 0.15) is 6.61 Å². The second-order valence-corrected chi connectivity index (χ2v) is 4.19. The monoisotopic (exact) mass is 250 g/mol. The molecule has 0 aliphatic carbocycles. The van der Waals surface area contributed by atoms with Gasteiger partial charge in [0.15, 0.2) is 17.5 Å². The Morgan fingerprint density at radius 3 is 2.67 bits per heavy atom. The summed E-state index contributed by atoms with van der Waals surface area (Å²) in [6.45, 7) is 1.17. The Morgan fingerprint density at radius 2 is 2.06 bits per heavy atom. The first-order valence-corrected chi connectivity index (χ1v) is 5.65. The van der Waals surface area contributed by atoms with Crippen molar-refractivity contribution in [2.24, 2.45) is 0 Å². The van der Waals surface area contributed by atoms with E-state index in [-0.39, 0.29) is 19.0 Å². The Kier molecular flexibility index (Phi) is 3.45. The van der Waals surface area contributed by atoms with E-state index in [1.165, 1.54) is 6.92 Å². The van der Waals surface area contributed by atoms with Crippen LogP contribution in [0, 0.1) is 0 Å². The highest BCUT2D eigenvalue weighted by Crippen LogP contribution is 2.39. The molecule has 0 radical (unpaired) electrons. The van der Waals surface area contributed by atoms with E-state index in [4.69, 9.17) is 14.6 Å². The number of hydrogen-bond donors (Lipinski definition) is 1. The molecule has 1 aromatic rings. The van der Waals surface area contributed by atoms with Crippen molar-refractivity contribution in [2.75, 3.05) is 13.2 Å². The molecule has 1 aromatic carbocycles. The molecule has 1 aliphatic heterocycles. The average molecular weight is 250 g/mol. The summed E-state index contributed by atoms with van der Waals surface area (Å²) in [5.74, 6) is -0.857. The van der Waals surface area contributed by atoms with Crippen molar-refractivity contribution in [3.63, 3.8) is 0 Å². The molecule has 5 nitrogen and oxygen atoms in total. The van der Waals surface area contributed by atoms with Gasteiger partial charge in [-0.15, -0.1) is 0 Å². The molecule has 2 atom stereocenters. The number of aliphatic hydroxyl groups is 1. The zero-order chi connectivity index (χ0) is 13.2. The van der Waals surface area contributed by atoms with E-state index in [0.29, 0.717) is 5.56 Å². The van der Waals surface area contributed by atoms with E-state index < -0.39 is 17.7 Å². The van der Waals surface area contributed by atoms with Gasteiger partial charge in [0.05, 0.1) is 6.61 Å². The van der Waals surface area contributed by atoms with Gasteiger partial charge in [-0.05, 0) is 6.92 Å². The van der Waals surface area contributed by atoms with Gasteiger partial charge in [0.2, 0.25) is 0 Å². The Balaban J connectivity index is 2.02. The summed E-state index contributed by atoms with van der Waals surface area (Å²) in [5, 5.41) is 8.57. The van der Waals surface area contributed by atoms with Crippen LogP contribution in [-0.4, -0.2) is 41.8 Å². The first kappa shape index (κ1) is 12.7. The molecule has 0 aromatic heterocycles. The number of epoxide rings is 1. The molecule has 96 valence electrons. The van der Waals surface area contributed by atoms with Crippen molar-refractivity contribution in [3.05, 3.63) is 35.9 Å². The molecule has 0 unspecified atom stereocenters. The lowest BCUT2D eigenvalue weighted by Crippen LogP contribution is -2.30. The van der Waals surface area contributed by atoms with Crippen LogP contribution in [0.25, 0.3) is 0 Å².